The third-order valence-corrected chi connectivity index (χ3v) is 8.66. The van der Waals surface area contributed by atoms with Crippen LogP contribution in [-0.4, -0.2) is 0 Å². The van der Waals surface area contributed by atoms with Crippen LogP contribution in [0.4, 0.5) is 0 Å². The largest absolute Gasteiger partial charge is 0.237 e. The Balaban J connectivity index is 2.43. The number of allylic oxidation sites excluding steroid dienone is 2. The lowest BCUT2D eigenvalue weighted by molar-refractivity contribution is 0.588. The van der Waals surface area contributed by atoms with Gasteiger partial charge in [-0.15, -0.1) is 0 Å². The normalized spacial score (nSPS) is 12.0. The van der Waals surface area contributed by atoms with Crippen molar-refractivity contribution >= 4 is 65.8 Å². The van der Waals surface area contributed by atoms with E-state index in [2.05, 4.69) is 137 Å². The van der Waals surface area contributed by atoms with Gasteiger partial charge < -0.3 is 0 Å². The van der Waals surface area contributed by atoms with Gasteiger partial charge in [-0.05, 0) is 61.8 Å². The number of rotatable bonds is 6. The second-order valence-electron chi connectivity index (χ2n) is 10.7. The summed E-state index contributed by atoms with van der Waals surface area (Å²) in [5.41, 5.74) is 7.54. The minimum absolute atomic E-state index is 0.0229. The molecule has 33 heavy (non-hydrogen) atoms. The molecule has 2 aromatic rings. The minimum atomic E-state index is 0.0229. The first-order valence-corrected chi connectivity index (χ1v) is 14.2. The summed E-state index contributed by atoms with van der Waals surface area (Å²) in [5, 5.41) is 0. The van der Waals surface area contributed by atoms with E-state index in [4.69, 9.17) is 3.63 Å². The van der Waals surface area contributed by atoms with Crippen LogP contribution in [0.5, 0.6) is 0 Å². The molecule has 2 rings (SSSR count). The van der Waals surface area contributed by atoms with E-state index < -0.39 is 0 Å². The highest BCUT2D eigenvalue weighted by molar-refractivity contribution is 9.10. The highest BCUT2D eigenvalue weighted by Gasteiger charge is 2.25. The molecule has 1 nitrogen and oxygen atoms in total. The maximum absolute atomic E-state index is 6.31. The Morgan fingerprint density at radius 2 is 0.970 bits per heavy atom. The molecule has 0 radical (unpaired) electrons. The van der Waals surface area contributed by atoms with Crippen molar-refractivity contribution in [3.63, 3.8) is 0 Å². The first-order chi connectivity index (χ1) is 15.2. The Bertz CT molecular complexity index is 977. The van der Waals surface area contributed by atoms with Crippen LogP contribution in [0, 0.1) is 0 Å². The lowest BCUT2D eigenvalue weighted by atomic mass is 9.83. The summed E-state index contributed by atoms with van der Waals surface area (Å²) in [7, 11) is 0. The molecule has 0 bridgehead atoms. The summed E-state index contributed by atoms with van der Waals surface area (Å²) in [4.78, 5) is 2.30. The molecule has 0 amide bonds. The van der Waals surface area contributed by atoms with Crippen LogP contribution >= 0.6 is 55.9 Å². The van der Waals surface area contributed by atoms with Crippen molar-refractivity contribution in [2.75, 3.05) is 0 Å². The quantitative estimate of drug-likeness (QED) is 0.301. The van der Waals surface area contributed by atoms with Crippen LogP contribution in [0.25, 0.3) is 9.81 Å². The fourth-order valence-corrected chi connectivity index (χ4v) is 6.61. The van der Waals surface area contributed by atoms with E-state index in [0.717, 1.165) is 18.8 Å². The van der Waals surface area contributed by atoms with Gasteiger partial charge in [0.15, 0.2) is 0 Å². The van der Waals surface area contributed by atoms with E-state index in [1.165, 1.54) is 57.5 Å². The molecule has 0 fully saturated rings. The molecule has 0 unspecified atom stereocenters. The van der Waals surface area contributed by atoms with Crippen LogP contribution < -0.4 is 0 Å². The Hall–Kier alpha value is -0.460. The van der Waals surface area contributed by atoms with Crippen LogP contribution in [0.1, 0.15) is 91.5 Å². The van der Waals surface area contributed by atoms with E-state index in [9.17, 15) is 0 Å². The molecule has 0 atom stereocenters. The van der Waals surface area contributed by atoms with Gasteiger partial charge >= 0.3 is 0 Å². The Labute approximate surface area is 226 Å². The van der Waals surface area contributed by atoms with Crippen LogP contribution in [0.3, 0.4) is 0 Å². The summed E-state index contributed by atoms with van der Waals surface area (Å²) in [5.74, 6) is 0. The fraction of sp³-hybridized carbons (Fsp3) is 0.429. The molecule has 0 aliphatic rings. The van der Waals surface area contributed by atoms with Gasteiger partial charge in [-0.3, -0.25) is 0 Å². The topological polar surface area (TPSA) is 9.23 Å². The second kappa shape index (κ2) is 11.5. The molecular formula is C28H36Br2OS2. The van der Waals surface area contributed by atoms with E-state index in [1.807, 2.05) is 0 Å². The van der Waals surface area contributed by atoms with Crippen molar-refractivity contribution in [2.45, 2.75) is 80.1 Å². The Morgan fingerprint density at radius 1 is 0.636 bits per heavy atom. The highest BCUT2D eigenvalue weighted by Crippen LogP contribution is 2.47. The van der Waals surface area contributed by atoms with E-state index >= 15 is 0 Å². The number of halogens is 2. The lowest BCUT2D eigenvalue weighted by Gasteiger charge is -2.26. The lowest BCUT2D eigenvalue weighted by Crippen LogP contribution is -2.14. The number of hydrogen-bond donors (Lipinski definition) is 0. The van der Waals surface area contributed by atoms with E-state index in [-0.39, 0.29) is 10.8 Å². The minimum Gasteiger partial charge on any atom is -0.237 e. The zero-order chi connectivity index (χ0) is 25.1. The summed E-state index contributed by atoms with van der Waals surface area (Å²) >= 11 is 10.5. The van der Waals surface area contributed by atoms with Crippen molar-refractivity contribution in [2.24, 2.45) is 0 Å². The molecule has 0 N–H and O–H groups in total. The predicted octanol–water partition coefficient (Wildman–Crippen LogP) is 11.3. The molecule has 0 heterocycles. The van der Waals surface area contributed by atoms with Gasteiger partial charge in [0.2, 0.25) is 0 Å². The number of benzene rings is 2. The van der Waals surface area contributed by atoms with Crippen molar-refractivity contribution in [1.82, 2.24) is 0 Å². The summed E-state index contributed by atoms with van der Waals surface area (Å²) in [6.07, 6.45) is 0. The molecule has 0 aliphatic carbocycles. The van der Waals surface area contributed by atoms with Gasteiger partial charge in [-0.2, -0.15) is 0 Å². The van der Waals surface area contributed by atoms with Crippen molar-refractivity contribution in [3.8, 4) is 0 Å². The number of hydrogen-bond acceptors (Lipinski definition) is 3. The van der Waals surface area contributed by atoms with E-state index in [0.29, 0.717) is 0 Å². The van der Waals surface area contributed by atoms with Crippen molar-refractivity contribution < 1.29 is 3.63 Å². The predicted molar refractivity (Wildman–Crippen MR) is 158 cm³/mol. The first-order valence-electron chi connectivity index (χ1n) is 11.1. The van der Waals surface area contributed by atoms with Gasteiger partial charge in [0.05, 0.1) is 0 Å². The van der Waals surface area contributed by atoms with Crippen LogP contribution in [0.15, 0.2) is 56.5 Å². The molecule has 0 aliphatic heterocycles. The average molecular weight is 613 g/mol. The standard InChI is InChI=1S/C28H36Br2OS2/c1-17(2)25(23-19(27(5,6)7)13-11-15-21(23)29)32-31-33-26(18(3)4)24-20(28(8,9)10)14-12-16-22(24)30/h11-16H,1-10H3. The molecular weight excluding hydrogens is 576 g/mol. The van der Waals surface area contributed by atoms with Crippen LogP contribution in [-0.2, 0) is 14.5 Å². The average Bonchev–Trinajstić information content (AvgIpc) is 2.67. The Kier molecular flexibility index (Phi) is 10.0. The fourth-order valence-electron chi connectivity index (χ4n) is 3.59. The SMILES string of the molecule is CC(C)=C(SOSC(=C(C)C)c1c(Br)cccc1C(C)(C)C)c1c(Br)cccc1C(C)(C)C. The third-order valence-electron chi connectivity index (χ3n) is 5.24. The molecule has 0 spiro atoms. The van der Waals surface area contributed by atoms with Crippen LogP contribution in [0.2, 0.25) is 0 Å². The third kappa shape index (κ3) is 7.27. The Morgan fingerprint density at radius 3 is 1.24 bits per heavy atom. The summed E-state index contributed by atoms with van der Waals surface area (Å²) < 4.78 is 8.50. The molecule has 0 saturated carbocycles. The zero-order valence-corrected chi connectivity index (χ0v) is 26.2. The van der Waals surface area contributed by atoms with Gasteiger partial charge in [0.1, 0.15) is 0 Å². The smallest absolute Gasteiger partial charge is 0.0454 e. The molecule has 0 aromatic heterocycles. The van der Waals surface area contributed by atoms with Crippen molar-refractivity contribution in [3.05, 3.63) is 78.7 Å². The highest BCUT2D eigenvalue weighted by atomic mass is 79.9. The van der Waals surface area contributed by atoms with Gasteiger partial charge in [-0.1, -0.05) is 109 Å². The molecule has 5 heteroatoms. The first kappa shape index (κ1) is 28.8. The maximum atomic E-state index is 6.31. The monoisotopic (exact) mass is 610 g/mol. The second-order valence-corrected chi connectivity index (χ2v) is 14.1. The van der Waals surface area contributed by atoms with Gasteiger partial charge in [0, 0.05) is 54.0 Å². The maximum Gasteiger partial charge on any atom is 0.0454 e. The van der Waals surface area contributed by atoms with Gasteiger partial charge in [-0.25, -0.2) is 3.63 Å². The molecule has 0 saturated heterocycles. The summed E-state index contributed by atoms with van der Waals surface area (Å²) in [6, 6.07) is 12.9. The molecule has 2 aromatic carbocycles. The van der Waals surface area contributed by atoms with Gasteiger partial charge in [0.25, 0.3) is 0 Å². The summed E-state index contributed by atoms with van der Waals surface area (Å²) in [6.45, 7) is 22.1. The molecule has 180 valence electrons. The zero-order valence-electron chi connectivity index (χ0n) is 21.4. The van der Waals surface area contributed by atoms with E-state index in [1.54, 1.807) is 0 Å². The van der Waals surface area contributed by atoms with Crippen molar-refractivity contribution in [1.29, 1.82) is 0 Å².